The lowest BCUT2D eigenvalue weighted by molar-refractivity contribution is -0.120. The quantitative estimate of drug-likeness (QED) is 0.789. The normalized spacial score (nSPS) is 9.82. The van der Waals surface area contributed by atoms with Gasteiger partial charge in [0.15, 0.2) is 11.5 Å². The molecule has 0 aliphatic carbocycles. The van der Waals surface area contributed by atoms with E-state index in [0.717, 1.165) is 0 Å². The maximum Gasteiger partial charge on any atom is 0.244 e. The molecule has 28 heavy (non-hydrogen) atoms. The standard InChI is InChI=1S/C20H21N3O5/c1-13(24)23(16-8-6-5-7-14(16)11-21)12-19(25)22-15-9-17(26-2)20(28-4)18(10-15)27-3/h5-10H,12H2,1-4H3,(H,22,25). The van der Waals surface area contributed by atoms with Crippen molar-refractivity contribution in [1.29, 1.82) is 5.26 Å². The van der Waals surface area contributed by atoms with Crippen LogP contribution in [0.1, 0.15) is 12.5 Å². The summed E-state index contributed by atoms with van der Waals surface area (Å²) >= 11 is 0. The van der Waals surface area contributed by atoms with Crippen molar-refractivity contribution in [3.8, 4) is 23.3 Å². The minimum Gasteiger partial charge on any atom is -0.493 e. The molecule has 1 N–H and O–H groups in total. The first-order valence-electron chi connectivity index (χ1n) is 8.32. The molecule has 0 saturated heterocycles. The van der Waals surface area contributed by atoms with Crippen molar-refractivity contribution in [3.05, 3.63) is 42.0 Å². The van der Waals surface area contributed by atoms with E-state index in [9.17, 15) is 14.9 Å². The number of anilines is 2. The highest BCUT2D eigenvalue weighted by Gasteiger charge is 2.20. The third-order valence-corrected chi connectivity index (χ3v) is 3.95. The first kappa shape index (κ1) is 20.6. The van der Waals surface area contributed by atoms with Crippen LogP contribution >= 0.6 is 0 Å². The second kappa shape index (κ2) is 9.28. The second-order valence-corrected chi connectivity index (χ2v) is 5.70. The molecule has 0 spiro atoms. The molecule has 0 fully saturated rings. The van der Waals surface area contributed by atoms with Crippen LogP contribution in [0.3, 0.4) is 0 Å². The first-order chi connectivity index (χ1) is 13.4. The number of carbonyl (C=O) groups is 2. The molecule has 8 heteroatoms. The van der Waals surface area contributed by atoms with E-state index in [-0.39, 0.29) is 12.5 Å². The third kappa shape index (κ3) is 4.51. The summed E-state index contributed by atoms with van der Waals surface area (Å²) in [6, 6.07) is 11.8. The van der Waals surface area contributed by atoms with E-state index in [1.54, 1.807) is 36.4 Å². The average molecular weight is 383 g/mol. The summed E-state index contributed by atoms with van der Waals surface area (Å²) in [6.07, 6.45) is 0. The Kier molecular flexibility index (Phi) is 6.82. The monoisotopic (exact) mass is 383 g/mol. The van der Waals surface area contributed by atoms with Crippen molar-refractivity contribution in [2.45, 2.75) is 6.92 Å². The van der Waals surface area contributed by atoms with Gasteiger partial charge in [-0.2, -0.15) is 5.26 Å². The Labute approximate surface area is 163 Å². The van der Waals surface area contributed by atoms with Gasteiger partial charge in [0.05, 0.1) is 32.6 Å². The highest BCUT2D eigenvalue weighted by atomic mass is 16.5. The van der Waals surface area contributed by atoms with Gasteiger partial charge in [-0.05, 0) is 12.1 Å². The van der Waals surface area contributed by atoms with Crippen LogP contribution in [0, 0.1) is 11.3 Å². The number of hydrogen-bond donors (Lipinski definition) is 1. The number of rotatable bonds is 7. The van der Waals surface area contributed by atoms with Gasteiger partial charge in [-0.25, -0.2) is 0 Å². The number of nitrogens with zero attached hydrogens (tertiary/aromatic N) is 2. The van der Waals surface area contributed by atoms with Crippen LogP contribution in [0.5, 0.6) is 17.2 Å². The molecular weight excluding hydrogens is 362 g/mol. The Morgan fingerprint density at radius 3 is 2.18 bits per heavy atom. The molecule has 0 unspecified atom stereocenters. The zero-order valence-electron chi connectivity index (χ0n) is 16.1. The zero-order valence-corrected chi connectivity index (χ0v) is 16.1. The lowest BCUT2D eigenvalue weighted by Gasteiger charge is -2.22. The fraction of sp³-hybridized carbons (Fsp3) is 0.250. The van der Waals surface area contributed by atoms with Crippen LogP contribution < -0.4 is 24.4 Å². The Balaban J connectivity index is 2.27. The van der Waals surface area contributed by atoms with Crippen LogP contribution in [0.15, 0.2) is 36.4 Å². The number of carbonyl (C=O) groups excluding carboxylic acids is 2. The van der Waals surface area contributed by atoms with E-state index in [1.807, 2.05) is 6.07 Å². The van der Waals surface area contributed by atoms with E-state index in [0.29, 0.717) is 34.2 Å². The maximum atomic E-state index is 12.6. The molecule has 0 radical (unpaired) electrons. The highest BCUT2D eigenvalue weighted by molar-refractivity contribution is 6.02. The summed E-state index contributed by atoms with van der Waals surface area (Å²) < 4.78 is 15.8. The number of amides is 2. The van der Waals surface area contributed by atoms with Crippen molar-refractivity contribution in [2.75, 3.05) is 38.1 Å². The van der Waals surface area contributed by atoms with Gasteiger partial charge < -0.3 is 24.4 Å². The summed E-state index contributed by atoms with van der Waals surface area (Å²) in [4.78, 5) is 25.9. The van der Waals surface area contributed by atoms with Crippen LogP contribution in [0.2, 0.25) is 0 Å². The van der Waals surface area contributed by atoms with Crippen molar-refractivity contribution in [1.82, 2.24) is 0 Å². The first-order valence-corrected chi connectivity index (χ1v) is 8.32. The topological polar surface area (TPSA) is 101 Å². The van der Waals surface area contributed by atoms with Gasteiger partial charge in [0, 0.05) is 24.7 Å². The van der Waals surface area contributed by atoms with Crippen LogP contribution in [0.4, 0.5) is 11.4 Å². The summed E-state index contributed by atoms with van der Waals surface area (Å²) in [7, 11) is 4.43. The van der Waals surface area contributed by atoms with Crippen LogP contribution in [0.25, 0.3) is 0 Å². The number of nitriles is 1. The molecule has 2 amide bonds. The molecule has 2 rings (SSSR count). The van der Waals surface area contributed by atoms with Gasteiger partial charge in [0.2, 0.25) is 17.6 Å². The fourth-order valence-electron chi connectivity index (χ4n) is 2.67. The smallest absolute Gasteiger partial charge is 0.244 e. The van der Waals surface area contributed by atoms with Gasteiger partial charge in [0.1, 0.15) is 12.6 Å². The molecule has 0 atom stereocenters. The average Bonchev–Trinajstić information content (AvgIpc) is 2.70. The molecule has 8 nitrogen and oxygen atoms in total. The minimum absolute atomic E-state index is 0.259. The van der Waals surface area contributed by atoms with Crippen molar-refractivity contribution < 1.29 is 23.8 Å². The number of benzene rings is 2. The van der Waals surface area contributed by atoms with E-state index >= 15 is 0 Å². The minimum atomic E-state index is -0.447. The van der Waals surface area contributed by atoms with Gasteiger partial charge in [-0.15, -0.1) is 0 Å². The Morgan fingerprint density at radius 2 is 1.68 bits per heavy atom. The van der Waals surface area contributed by atoms with Gasteiger partial charge in [0.25, 0.3) is 0 Å². The molecule has 0 aliphatic rings. The second-order valence-electron chi connectivity index (χ2n) is 5.70. The van der Waals surface area contributed by atoms with Gasteiger partial charge in [-0.1, -0.05) is 12.1 Å². The van der Waals surface area contributed by atoms with Crippen molar-refractivity contribution in [3.63, 3.8) is 0 Å². The highest BCUT2D eigenvalue weighted by Crippen LogP contribution is 2.39. The summed E-state index contributed by atoms with van der Waals surface area (Å²) in [5.41, 5.74) is 1.09. The summed E-state index contributed by atoms with van der Waals surface area (Å²) in [6.45, 7) is 1.07. The van der Waals surface area contributed by atoms with E-state index in [2.05, 4.69) is 5.32 Å². The predicted octanol–water partition coefficient (Wildman–Crippen LogP) is 2.58. The molecular formula is C20H21N3O5. The number of para-hydroxylation sites is 1. The van der Waals surface area contributed by atoms with Crippen LogP contribution in [-0.4, -0.2) is 39.7 Å². The molecule has 2 aromatic rings. The fourth-order valence-corrected chi connectivity index (χ4v) is 2.67. The van der Waals surface area contributed by atoms with Gasteiger partial charge >= 0.3 is 0 Å². The number of ether oxygens (including phenoxy) is 3. The Bertz CT molecular complexity index is 895. The lowest BCUT2D eigenvalue weighted by atomic mass is 10.1. The molecule has 0 saturated carbocycles. The Morgan fingerprint density at radius 1 is 1.07 bits per heavy atom. The number of nitrogens with one attached hydrogen (secondary N) is 1. The summed E-state index contributed by atoms with van der Waals surface area (Å²) in [5, 5.41) is 12.0. The van der Waals surface area contributed by atoms with Crippen molar-refractivity contribution >= 4 is 23.2 Å². The Hall–Kier alpha value is -3.73. The predicted molar refractivity (Wildman–Crippen MR) is 104 cm³/mol. The maximum absolute atomic E-state index is 12.6. The SMILES string of the molecule is COc1cc(NC(=O)CN(C(C)=O)c2ccccc2C#N)cc(OC)c1OC. The molecule has 0 bridgehead atoms. The van der Waals surface area contributed by atoms with Crippen molar-refractivity contribution in [2.24, 2.45) is 0 Å². The van der Waals surface area contributed by atoms with E-state index in [1.165, 1.54) is 33.2 Å². The van der Waals surface area contributed by atoms with Gasteiger partial charge in [-0.3, -0.25) is 9.59 Å². The zero-order chi connectivity index (χ0) is 20.7. The lowest BCUT2D eigenvalue weighted by Crippen LogP contribution is -2.37. The van der Waals surface area contributed by atoms with E-state index in [4.69, 9.17) is 14.2 Å². The number of hydrogen-bond acceptors (Lipinski definition) is 6. The van der Waals surface area contributed by atoms with Crippen LogP contribution in [-0.2, 0) is 9.59 Å². The molecule has 0 heterocycles. The largest absolute Gasteiger partial charge is 0.493 e. The summed E-state index contributed by atoms with van der Waals surface area (Å²) in [5.74, 6) is 0.363. The molecule has 146 valence electrons. The van der Waals surface area contributed by atoms with E-state index < -0.39 is 5.91 Å². The molecule has 0 aromatic heterocycles. The number of methoxy groups -OCH3 is 3. The third-order valence-electron chi connectivity index (χ3n) is 3.95. The molecule has 0 aliphatic heterocycles. The molecule has 2 aromatic carbocycles.